The van der Waals surface area contributed by atoms with Crippen LogP contribution in [0.3, 0.4) is 0 Å². The van der Waals surface area contributed by atoms with Crippen LogP contribution < -0.4 is 15.4 Å². The molecule has 2 amide bonds. The van der Waals surface area contributed by atoms with Crippen molar-refractivity contribution in [1.29, 1.82) is 0 Å². The molecule has 0 aromatic heterocycles. The zero-order valence-corrected chi connectivity index (χ0v) is 28.3. The average Bonchev–Trinajstić information content (AvgIpc) is 3.10. The monoisotopic (exact) mass is 635 g/mol. The summed E-state index contributed by atoms with van der Waals surface area (Å²) in [6.45, 7) is 9.74. The number of ether oxygens (including phenoxy) is 1. The first-order valence-corrected chi connectivity index (χ1v) is 16.6. The maximum Gasteiger partial charge on any atom is 0.253 e. The molecule has 0 aliphatic heterocycles. The van der Waals surface area contributed by atoms with Gasteiger partial charge in [-0.05, 0) is 85.7 Å². The second-order valence-corrected chi connectivity index (χ2v) is 12.5. The van der Waals surface area contributed by atoms with Crippen LogP contribution in [-0.4, -0.2) is 60.7 Å². The summed E-state index contributed by atoms with van der Waals surface area (Å²) in [5, 5.41) is 18.2. The summed E-state index contributed by atoms with van der Waals surface area (Å²) in [4.78, 5) is 29.6. The fourth-order valence-electron chi connectivity index (χ4n) is 5.74. The van der Waals surface area contributed by atoms with Crippen molar-refractivity contribution in [2.75, 3.05) is 26.7 Å². The SMILES string of the molecule is CCCN(CCC)C(=O)c1cc(C(=O)N[C@@H](Cc2ccccc2)[C@H](O)CNC(C)(C)c2cccc(OC)c2)cc(-c2ccccc2)c1. The highest BCUT2D eigenvalue weighted by Crippen LogP contribution is 2.26. The minimum absolute atomic E-state index is 0.0922. The molecule has 0 aliphatic rings. The van der Waals surface area contributed by atoms with E-state index >= 15 is 0 Å². The number of amides is 2. The predicted molar refractivity (Wildman–Crippen MR) is 190 cm³/mol. The van der Waals surface area contributed by atoms with Crippen molar-refractivity contribution in [3.05, 3.63) is 125 Å². The molecule has 0 aliphatic carbocycles. The molecule has 0 fully saturated rings. The largest absolute Gasteiger partial charge is 0.497 e. The first-order chi connectivity index (χ1) is 22.6. The zero-order valence-electron chi connectivity index (χ0n) is 28.3. The smallest absolute Gasteiger partial charge is 0.253 e. The number of hydrogen-bond acceptors (Lipinski definition) is 5. The molecular formula is C40H49N3O4. The standard InChI is InChI=1S/C40H49N3O4/c1-6-21-43(22-7-2)39(46)33-25-31(30-17-12-9-13-18-30)24-32(26-33)38(45)42-36(23-29-15-10-8-11-16-29)37(44)28-41-40(3,4)34-19-14-20-35(27-34)47-5/h8-20,24-27,36-37,41,44H,6-7,21-23,28H2,1-5H3,(H,42,45)/t36-,37+/m0/s1. The molecule has 4 aromatic carbocycles. The van der Waals surface area contributed by atoms with Crippen LogP contribution in [0, 0.1) is 0 Å². The number of methoxy groups -OCH3 is 1. The van der Waals surface area contributed by atoms with E-state index in [1.807, 2.05) is 116 Å². The van der Waals surface area contributed by atoms with Crippen LogP contribution in [0.5, 0.6) is 5.75 Å². The van der Waals surface area contributed by atoms with Crippen LogP contribution in [0.1, 0.15) is 72.4 Å². The van der Waals surface area contributed by atoms with E-state index in [1.54, 1.807) is 13.2 Å². The molecule has 0 radical (unpaired) electrons. The van der Waals surface area contributed by atoms with Crippen LogP contribution >= 0.6 is 0 Å². The molecule has 0 heterocycles. The fraction of sp³-hybridized carbons (Fsp3) is 0.350. The van der Waals surface area contributed by atoms with E-state index in [-0.39, 0.29) is 18.4 Å². The van der Waals surface area contributed by atoms with Gasteiger partial charge in [0, 0.05) is 36.3 Å². The molecule has 7 nitrogen and oxygen atoms in total. The molecule has 248 valence electrons. The Balaban J connectivity index is 1.63. The van der Waals surface area contributed by atoms with Gasteiger partial charge in [-0.3, -0.25) is 9.59 Å². The highest BCUT2D eigenvalue weighted by Gasteiger charge is 2.27. The van der Waals surface area contributed by atoms with Gasteiger partial charge in [-0.25, -0.2) is 0 Å². The molecule has 0 saturated carbocycles. The van der Waals surface area contributed by atoms with Crippen LogP contribution in [0.15, 0.2) is 103 Å². The number of carbonyl (C=O) groups is 2. The summed E-state index contributed by atoms with van der Waals surface area (Å²) in [6, 6.07) is 32.2. The van der Waals surface area contributed by atoms with E-state index in [2.05, 4.69) is 24.5 Å². The summed E-state index contributed by atoms with van der Waals surface area (Å²) in [7, 11) is 1.64. The molecule has 4 aromatic rings. The van der Waals surface area contributed by atoms with E-state index in [0.717, 1.165) is 40.8 Å². The van der Waals surface area contributed by atoms with Gasteiger partial charge in [-0.15, -0.1) is 0 Å². The highest BCUT2D eigenvalue weighted by molar-refractivity contribution is 6.01. The number of carbonyl (C=O) groups excluding carboxylic acids is 2. The normalized spacial score (nSPS) is 12.6. The van der Waals surface area contributed by atoms with E-state index in [9.17, 15) is 14.7 Å². The van der Waals surface area contributed by atoms with Crippen LogP contribution in [0.4, 0.5) is 0 Å². The molecule has 3 N–H and O–H groups in total. The minimum Gasteiger partial charge on any atom is -0.497 e. The Kier molecular flexibility index (Phi) is 12.7. The summed E-state index contributed by atoms with van der Waals surface area (Å²) < 4.78 is 5.41. The lowest BCUT2D eigenvalue weighted by molar-refractivity contribution is 0.0755. The summed E-state index contributed by atoms with van der Waals surface area (Å²) in [6.07, 6.45) is 1.21. The Morgan fingerprint density at radius 3 is 2.09 bits per heavy atom. The molecule has 2 atom stereocenters. The Morgan fingerprint density at radius 2 is 1.45 bits per heavy atom. The minimum atomic E-state index is -0.910. The molecule has 0 saturated heterocycles. The molecule has 0 bridgehead atoms. The maximum absolute atomic E-state index is 14.0. The molecular weight excluding hydrogens is 586 g/mol. The van der Waals surface area contributed by atoms with Crippen LogP contribution in [-0.2, 0) is 12.0 Å². The van der Waals surface area contributed by atoms with Gasteiger partial charge in [0.15, 0.2) is 0 Å². The second kappa shape index (κ2) is 16.9. The van der Waals surface area contributed by atoms with Gasteiger partial charge in [0.1, 0.15) is 5.75 Å². The van der Waals surface area contributed by atoms with E-state index < -0.39 is 17.7 Å². The van der Waals surface area contributed by atoms with Gasteiger partial charge in [-0.2, -0.15) is 0 Å². The Labute approximate surface area is 280 Å². The Morgan fingerprint density at radius 1 is 0.809 bits per heavy atom. The van der Waals surface area contributed by atoms with Crippen molar-refractivity contribution in [1.82, 2.24) is 15.5 Å². The molecule has 0 unspecified atom stereocenters. The first kappa shape index (κ1) is 35.4. The lowest BCUT2D eigenvalue weighted by Crippen LogP contribution is -2.51. The molecule has 4 rings (SSSR count). The molecule has 7 heteroatoms. The van der Waals surface area contributed by atoms with Gasteiger partial charge in [-0.1, -0.05) is 86.6 Å². The zero-order chi connectivity index (χ0) is 33.8. The van der Waals surface area contributed by atoms with Gasteiger partial charge in [0.2, 0.25) is 0 Å². The lowest BCUT2D eigenvalue weighted by atomic mass is 9.93. The van der Waals surface area contributed by atoms with E-state index in [0.29, 0.717) is 30.6 Å². The van der Waals surface area contributed by atoms with Crippen molar-refractivity contribution in [3.8, 4) is 16.9 Å². The molecule has 47 heavy (non-hydrogen) atoms. The maximum atomic E-state index is 14.0. The third kappa shape index (κ3) is 9.77. The fourth-order valence-corrected chi connectivity index (χ4v) is 5.74. The predicted octanol–water partition coefficient (Wildman–Crippen LogP) is 6.85. The first-order valence-electron chi connectivity index (χ1n) is 16.6. The van der Waals surface area contributed by atoms with Crippen molar-refractivity contribution in [3.63, 3.8) is 0 Å². The van der Waals surface area contributed by atoms with Gasteiger partial charge < -0.3 is 25.4 Å². The van der Waals surface area contributed by atoms with Gasteiger partial charge >= 0.3 is 0 Å². The number of nitrogens with one attached hydrogen (secondary N) is 2. The highest BCUT2D eigenvalue weighted by atomic mass is 16.5. The number of hydrogen-bond donors (Lipinski definition) is 3. The number of aliphatic hydroxyl groups is 1. The topological polar surface area (TPSA) is 90.9 Å². The van der Waals surface area contributed by atoms with Crippen molar-refractivity contribution >= 4 is 11.8 Å². The average molecular weight is 636 g/mol. The van der Waals surface area contributed by atoms with Gasteiger partial charge in [0.05, 0.1) is 19.3 Å². The van der Waals surface area contributed by atoms with Crippen LogP contribution in [0.2, 0.25) is 0 Å². The third-order valence-corrected chi connectivity index (χ3v) is 8.45. The summed E-state index contributed by atoms with van der Waals surface area (Å²) >= 11 is 0. The molecule has 0 spiro atoms. The van der Waals surface area contributed by atoms with E-state index in [1.165, 1.54) is 0 Å². The Bertz CT molecular complexity index is 1580. The quantitative estimate of drug-likeness (QED) is 0.125. The summed E-state index contributed by atoms with van der Waals surface area (Å²) in [5.74, 6) is 0.321. The number of benzene rings is 4. The third-order valence-electron chi connectivity index (χ3n) is 8.45. The van der Waals surface area contributed by atoms with Crippen molar-refractivity contribution in [2.24, 2.45) is 0 Å². The van der Waals surface area contributed by atoms with Gasteiger partial charge in [0.25, 0.3) is 11.8 Å². The Hall–Kier alpha value is -4.46. The number of nitrogens with zero attached hydrogens (tertiary/aromatic N) is 1. The lowest BCUT2D eigenvalue weighted by Gasteiger charge is -2.31. The second-order valence-electron chi connectivity index (χ2n) is 12.5. The number of rotatable bonds is 16. The van der Waals surface area contributed by atoms with E-state index in [4.69, 9.17) is 4.74 Å². The summed E-state index contributed by atoms with van der Waals surface area (Å²) in [5.41, 5.74) is 4.09. The van der Waals surface area contributed by atoms with Crippen molar-refractivity contribution in [2.45, 2.75) is 64.6 Å². The van der Waals surface area contributed by atoms with Crippen LogP contribution in [0.25, 0.3) is 11.1 Å². The number of aliphatic hydroxyl groups excluding tert-OH is 1. The van der Waals surface area contributed by atoms with Crippen molar-refractivity contribution < 1.29 is 19.4 Å².